The Morgan fingerprint density at radius 2 is 1.68 bits per heavy atom. The first-order valence-corrected chi connectivity index (χ1v) is 5.69. The molecule has 0 saturated heterocycles. The molecule has 0 aliphatic rings. The first kappa shape index (κ1) is 17.1. The molecule has 0 aliphatic heterocycles. The minimum absolute atomic E-state index is 0.00463. The highest BCUT2D eigenvalue weighted by molar-refractivity contribution is 7.80. The van der Waals surface area contributed by atoms with E-state index in [0.29, 0.717) is 5.75 Å². The molecular formula is C11H15NO6S. The number of thiol groups is 1. The van der Waals surface area contributed by atoms with E-state index in [4.69, 9.17) is 26.2 Å². The average molecular weight is 289 g/mol. The van der Waals surface area contributed by atoms with E-state index in [9.17, 15) is 9.59 Å². The molecule has 0 spiro atoms. The van der Waals surface area contributed by atoms with E-state index in [-0.39, 0.29) is 17.4 Å². The van der Waals surface area contributed by atoms with E-state index in [1.807, 2.05) is 0 Å². The molecule has 7 nitrogen and oxygen atoms in total. The summed E-state index contributed by atoms with van der Waals surface area (Å²) in [7, 11) is 0. The monoisotopic (exact) mass is 289 g/mol. The fourth-order valence-corrected chi connectivity index (χ4v) is 1.11. The van der Waals surface area contributed by atoms with Crippen LogP contribution in [0.2, 0.25) is 0 Å². The Bertz CT molecular complexity index is 453. The Hall–Kier alpha value is -1.93. The lowest BCUT2D eigenvalue weighted by molar-refractivity contribution is -0.117. The molecule has 106 valence electrons. The Labute approximate surface area is 114 Å². The molecule has 0 fully saturated rings. The van der Waals surface area contributed by atoms with Gasteiger partial charge in [-0.05, 0) is 19.1 Å². The highest BCUT2D eigenvalue weighted by Crippen LogP contribution is 2.35. The number of phenols is 3. The Kier molecular flexibility index (Phi) is 6.73. The molecule has 0 aliphatic carbocycles. The van der Waals surface area contributed by atoms with Crippen LogP contribution in [0, 0.1) is 0 Å². The van der Waals surface area contributed by atoms with Crippen molar-refractivity contribution in [3.63, 3.8) is 0 Å². The molecule has 0 aromatic heterocycles. The van der Waals surface area contributed by atoms with Crippen LogP contribution in [0.25, 0.3) is 0 Å². The largest absolute Gasteiger partial charge is 0.504 e. The molecule has 1 aromatic rings. The second kappa shape index (κ2) is 7.49. The van der Waals surface area contributed by atoms with Gasteiger partial charge in [-0.25, -0.2) is 4.79 Å². The standard InChI is InChI=1S/C7H6O5.C4H9NOS/c8-4-1-3(7(11)12)2-5(9)6(4)10;1-3(6)4(5)2-7/h1-2,8-10H,(H,11,12);4,7H,2,5H2,1H3. The molecule has 0 saturated carbocycles. The van der Waals surface area contributed by atoms with Crippen molar-refractivity contribution < 1.29 is 30.0 Å². The number of hydrogen-bond acceptors (Lipinski definition) is 7. The van der Waals surface area contributed by atoms with E-state index in [2.05, 4.69) is 12.6 Å². The van der Waals surface area contributed by atoms with Crippen LogP contribution >= 0.6 is 12.6 Å². The van der Waals surface area contributed by atoms with E-state index in [1.165, 1.54) is 6.92 Å². The minimum atomic E-state index is -1.29. The predicted octanol–water partition coefficient (Wildman–Crippen LogP) is 0.334. The lowest BCUT2D eigenvalue weighted by Crippen LogP contribution is -2.29. The maximum absolute atomic E-state index is 10.3. The molecule has 1 unspecified atom stereocenters. The van der Waals surface area contributed by atoms with Crippen molar-refractivity contribution in [3.05, 3.63) is 17.7 Å². The third-order valence-corrected chi connectivity index (χ3v) is 2.43. The Morgan fingerprint density at radius 3 is 1.89 bits per heavy atom. The van der Waals surface area contributed by atoms with Gasteiger partial charge in [-0.1, -0.05) is 0 Å². The number of hydrogen-bond donors (Lipinski definition) is 6. The van der Waals surface area contributed by atoms with Crippen molar-refractivity contribution in [1.82, 2.24) is 0 Å². The molecular weight excluding hydrogens is 274 g/mol. The van der Waals surface area contributed by atoms with Crippen LogP contribution in [0.1, 0.15) is 17.3 Å². The number of carboxylic acids is 1. The lowest BCUT2D eigenvalue weighted by atomic mass is 10.2. The molecule has 0 heterocycles. The third-order valence-electron chi connectivity index (χ3n) is 2.04. The van der Waals surface area contributed by atoms with Crippen LogP contribution < -0.4 is 5.73 Å². The molecule has 1 aromatic carbocycles. The van der Waals surface area contributed by atoms with E-state index in [1.54, 1.807) is 0 Å². The smallest absolute Gasteiger partial charge is 0.335 e. The van der Waals surface area contributed by atoms with Crippen molar-refractivity contribution in [2.24, 2.45) is 5.73 Å². The fraction of sp³-hybridized carbons (Fsp3) is 0.273. The van der Waals surface area contributed by atoms with Crippen molar-refractivity contribution in [2.45, 2.75) is 13.0 Å². The van der Waals surface area contributed by atoms with E-state index < -0.39 is 23.2 Å². The number of phenolic OH excluding ortho intramolecular Hbond substituents is 3. The number of nitrogens with two attached hydrogens (primary N) is 1. The van der Waals surface area contributed by atoms with Crippen molar-refractivity contribution in [2.75, 3.05) is 5.75 Å². The van der Waals surface area contributed by atoms with Crippen LogP contribution in [-0.2, 0) is 4.79 Å². The number of rotatable bonds is 3. The zero-order valence-corrected chi connectivity index (χ0v) is 11.0. The molecule has 0 amide bonds. The summed E-state index contributed by atoms with van der Waals surface area (Å²) in [6.07, 6.45) is 0. The average Bonchev–Trinajstić information content (AvgIpc) is 2.34. The molecule has 6 N–H and O–H groups in total. The van der Waals surface area contributed by atoms with Crippen LogP contribution in [0.4, 0.5) is 0 Å². The number of ketones is 1. The van der Waals surface area contributed by atoms with Gasteiger partial charge in [0.15, 0.2) is 17.2 Å². The predicted molar refractivity (Wildman–Crippen MR) is 70.9 cm³/mol. The van der Waals surface area contributed by atoms with Gasteiger partial charge in [0.25, 0.3) is 0 Å². The summed E-state index contributed by atoms with van der Waals surface area (Å²) in [5, 5.41) is 35.0. The van der Waals surface area contributed by atoms with Crippen LogP contribution in [-0.4, -0.2) is 44.0 Å². The third kappa shape index (κ3) is 5.49. The molecule has 19 heavy (non-hydrogen) atoms. The highest BCUT2D eigenvalue weighted by Gasteiger charge is 2.11. The van der Waals surface area contributed by atoms with Gasteiger partial charge in [0.05, 0.1) is 11.6 Å². The number of benzene rings is 1. The molecule has 8 heteroatoms. The normalized spacial score (nSPS) is 11.1. The summed E-state index contributed by atoms with van der Waals surface area (Å²) in [5.74, 6) is -2.90. The van der Waals surface area contributed by atoms with Gasteiger partial charge >= 0.3 is 5.97 Å². The lowest BCUT2D eigenvalue weighted by Gasteiger charge is -2.01. The zero-order valence-electron chi connectivity index (χ0n) is 10.1. The van der Waals surface area contributed by atoms with Gasteiger partial charge in [0.1, 0.15) is 5.78 Å². The van der Waals surface area contributed by atoms with E-state index in [0.717, 1.165) is 12.1 Å². The summed E-state index contributed by atoms with van der Waals surface area (Å²) in [6.45, 7) is 1.46. The zero-order chi connectivity index (χ0) is 15.2. The fourth-order valence-electron chi connectivity index (χ4n) is 0.856. The summed E-state index contributed by atoms with van der Waals surface area (Å²) < 4.78 is 0. The van der Waals surface area contributed by atoms with Gasteiger partial charge in [-0.2, -0.15) is 12.6 Å². The second-order valence-corrected chi connectivity index (χ2v) is 3.93. The van der Waals surface area contributed by atoms with Crippen LogP contribution in [0.5, 0.6) is 17.2 Å². The van der Waals surface area contributed by atoms with Crippen LogP contribution in [0.15, 0.2) is 12.1 Å². The topological polar surface area (TPSA) is 141 Å². The van der Waals surface area contributed by atoms with Gasteiger partial charge in [-0.3, -0.25) is 4.79 Å². The Morgan fingerprint density at radius 1 is 1.26 bits per heavy atom. The number of aromatic hydroxyl groups is 3. The maximum Gasteiger partial charge on any atom is 0.335 e. The first-order valence-electron chi connectivity index (χ1n) is 5.05. The number of aromatic carboxylic acids is 1. The SMILES string of the molecule is CC(=O)C(N)CS.O=C(O)c1cc(O)c(O)c(O)c1. The molecule has 0 bridgehead atoms. The van der Waals surface area contributed by atoms with Crippen molar-refractivity contribution >= 4 is 24.4 Å². The maximum atomic E-state index is 10.3. The number of carbonyl (C=O) groups excluding carboxylic acids is 1. The summed E-state index contributed by atoms with van der Waals surface area (Å²) in [4.78, 5) is 20.5. The Balaban J connectivity index is 0.000000399. The molecule has 1 rings (SSSR count). The van der Waals surface area contributed by atoms with Crippen molar-refractivity contribution in [1.29, 1.82) is 0 Å². The minimum Gasteiger partial charge on any atom is -0.504 e. The summed E-state index contributed by atoms with van der Waals surface area (Å²) in [5.41, 5.74) is 4.90. The second-order valence-electron chi connectivity index (χ2n) is 3.57. The van der Waals surface area contributed by atoms with Gasteiger partial charge in [0, 0.05) is 5.75 Å². The number of carboxylic acid groups (broad SMARTS) is 1. The number of carbonyl (C=O) groups is 2. The van der Waals surface area contributed by atoms with Gasteiger partial charge < -0.3 is 26.2 Å². The molecule has 1 atom stereocenters. The summed E-state index contributed by atoms with van der Waals surface area (Å²) in [6, 6.07) is 1.32. The van der Waals surface area contributed by atoms with Crippen molar-refractivity contribution in [3.8, 4) is 17.2 Å². The van der Waals surface area contributed by atoms with Gasteiger partial charge in [-0.15, -0.1) is 0 Å². The van der Waals surface area contributed by atoms with E-state index >= 15 is 0 Å². The van der Waals surface area contributed by atoms with Crippen LogP contribution in [0.3, 0.4) is 0 Å². The molecule has 0 radical (unpaired) electrons. The first-order chi connectivity index (χ1) is 8.70. The van der Waals surface area contributed by atoms with Gasteiger partial charge in [0.2, 0.25) is 0 Å². The quantitative estimate of drug-likeness (QED) is 0.348. The number of Topliss-reactive ketones (excluding diaryl/α,β-unsaturated/α-hetero) is 1. The highest BCUT2D eigenvalue weighted by atomic mass is 32.1. The summed E-state index contributed by atoms with van der Waals surface area (Å²) >= 11 is 3.81.